The lowest BCUT2D eigenvalue weighted by Gasteiger charge is -2.14. The monoisotopic (exact) mass is 299 g/mol. The lowest BCUT2D eigenvalue weighted by Crippen LogP contribution is -2.44. The number of rotatable bonds is 4. The molecule has 0 bridgehead atoms. The maximum absolute atomic E-state index is 13.7. The van der Waals surface area contributed by atoms with Crippen LogP contribution in [0.3, 0.4) is 0 Å². The van der Waals surface area contributed by atoms with Crippen molar-refractivity contribution < 1.29 is 18.7 Å². The van der Waals surface area contributed by atoms with E-state index in [2.05, 4.69) is 5.32 Å². The quantitative estimate of drug-likeness (QED) is 0.711. The van der Waals surface area contributed by atoms with Crippen LogP contribution in [0.4, 0.5) is 9.18 Å². The van der Waals surface area contributed by atoms with Gasteiger partial charge >= 0.3 is 6.03 Å². The Labute approximate surface area is 120 Å². The smallest absolute Gasteiger partial charge is 0.321 e. The topological polar surface area (TPSA) is 93.5 Å². The van der Waals surface area contributed by atoms with E-state index < -0.39 is 23.9 Å². The van der Waals surface area contributed by atoms with E-state index in [-0.39, 0.29) is 10.7 Å². The van der Waals surface area contributed by atoms with Crippen LogP contribution in [0.25, 0.3) is 0 Å². The number of nitrogens with two attached hydrogens (primary N) is 1. The van der Waals surface area contributed by atoms with Gasteiger partial charge in [-0.2, -0.15) is 0 Å². The summed E-state index contributed by atoms with van der Waals surface area (Å²) in [5, 5.41) is 4.24. The molecule has 0 spiro atoms. The number of ether oxygens (including phenoxy) is 1. The molecule has 20 heavy (non-hydrogen) atoms. The lowest BCUT2D eigenvalue weighted by molar-refractivity contribution is -0.126. The van der Waals surface area contributed by atoms with Gasteiger partial charge in [-0.05, 0) is 25.1 Å². The number of urea groups is 1. The van der Waals surface area contributed by atoms with Gasteiger partial charge in [0, 0.05) is 12.6 Å². The minimum atomic E-state index is -1.04. The Balaban J connectivity index is 2.75. The summed E-state index contributed by atoms with van der Waals surface area (Å²) in [4.78, 5) is 22.6. The average Bonchev–Trinajstić information content (AvgIpc) is 2.40. The van der Waals surface area contributed by atoms with Crippen molar-refractivity contribution in [2.24, 2.45) is 5.73 Å². The van der Waals surface area contributed by atoms with Gasteiger partial charge in [-0.3, -0.25) is 10.1 Å². The van der Waals surface area contributed by atoms with E-state index in [4.69, 9.17) is 22.7 Å². The zero-order valence-corrected chi connectivity index (χ0v) is 11.7. The summed E-state index contributed by atoms with van der Waals surface area (Å²) in [6.45, 7) is 1.39. The first-order chi connectivity index (χ1) is 9.35. The van der Waals surface area contributed by atoms with Crippen LogP contribution < -0.4 is 21.1 Å². The number of nitrogens with one attached hydrogen (secondary N) is 2. The Morgan fingerprint density at radius 2 is 2.10 bits per heavy atom. The number of carbonyl (C=O) groups excluding carboxylic acids is 2. The predicted molar refractivity (Wildman–Crippen MR) is 75.0 cm³/mol. The Morgan fingerprint density at radius 3 is 2.60 bits per heavy atom. The van der Waals surface area contributed by atoms with Crippen LogP contribution in [-0.2, 0) is 4.79 Å². The van der Waals surface area contributed by atoms with E-state index in [1.54, 1.807) is 0 Å². The van der Waals surface area contributed by atoms with Crippen LogP contribution in [0.1, 0.15) is 12.5 Å². The summed E-state index contributed by atoms with van der Waals surface area (Å²) in [5.74, 6) is -1.53. The number of benzene rings is 1. The minimum Gasteiger partial charge on any atom is -0.478 e. The largest absolute Gasteiger partial charge is 0.478 e. The molecule has 6 nitrogen and oxygen atoms in total. The third-order valence-corrected chi connectivity index (χ3v) is 2.59. The maximum atomic E-state index is 13.7. The summed E-state index contributed by atoms with van der Waals surface area (Å²) in [6, 6.07) is 3.23. The molecule has 0 aromatic heterocycles. The van der Waals surface area contributed by atoms with Gasteiger partial charge in [-0.25, -0.2) is 9.18 Å². The van der Waals surface area contributed by atoms with Crippen molar-refractivity contribution in [2.45, 2.75) is 13.0 Å². The van der Waals surface area contributed by atoms with Crippen LogP contribution >= 0.6 is 12.2 Å². The van der Waals surface area contributed by atoms with Crippen molar-refractivity contribution in [3.8, 4) is 5.75 Å². The molecule has 0 saturated heterocycles. The number of amides is 3. The Hall–Kier alpha value is -2.22. The first kappa shape index (κ1) is 15.8. The molecule has 0 radical (unpaired) electrons. The first-order valence-electron chi connectivity index (χ1n) is 5.63. The van der Waals surface area contributed by atoms with Crippen molar-refractivity contribution in [2.75, 3.05) is 7.05 Å². The van der Waals surface area contributed by atoms with Crippen molar-refractivity contribution in [3.63, 3.8) is 0 Å². The normalized spacial score (nSPS) is 11.3. The van der Waals surface area contributed by atoms with Crippen molar-refractivity contribution in [1.29, 1.82) is 0 Å². The third-order valence-electron chi connectivity index (χ3n) is 2.35. The fourth-order valence-corrected chi connectivity index (χ4v) is 1.40. The molecule has 8 heteroatoms. The molecule has 1 unspecified atom stereocenters. The molecule has 4 N–H and O–H groups in total. The molecule has 3 amide bonds. The standard InChI is InChI=1S/C12H14FN3O3S/c1-6(11(17)16-12(18)15-2)19-9-4-3-7(10(14)20)5-8(9)13/h3-6H,1-2H3,(H2,14,20)(H2,15,16,17,18). The number of imide groups is 1. The Kier molecular flexibility index (Phi) is 5.39. The molecular weight excluding hydrogens is 285 g/mol. The summed E-state index contributed by atoms with van der Waals surface area (Å²) in [7, 11) is 1.36. The van der Waals surface area contributed by atoms with Gasteiger partial charge in [-0.1, -0.05) is 12.2 Å². The highest BCUT2D eigenvalue weighted by Crippen LogP contribution is 2.19. The number of thiocarbonyl (C=S) groups is 1. The Morgan fingerprint density at radius 1 is 1.45 bits per heavy atom. The molecule has 1 rings (SSSR count). The van der Waals surface area contributed by atoms with Gasteiger partial charge in [0.15, 0.2) is 17.7 Å². The Bertz CT molecular complexity index is 551. The van der Waals surface area contributed by atoms with Gasteiger partial charge in [0.05, 0.1) is 0 Å². The molecule has 0 aliphatic heterocycles. The fourth-order valence-electron chi connectivity index (χ4n) is 1.27. The summed E-state index contributed by atoms with van der Waals surface area (Å²) < 4.78 is 18.8. The number of halogens is 1. The first-order valence-corrected chi connectivity index (χ1v) is 6.04. The fraction of sp³-hybridized carbons (Fsp3) is 0.250. The minimum absolute atomic E-state index is 0.0564. The highest BCUT2D eigenvalue weighted by Gasteiger charge is 2.18. The zero-order valence-electron chi connectivity index (χ0n) is 10.9. The van der Waals surface area contributed by atoms with E-state index in [9.17, 15) is 14.0 Å². The summed E-state index contributed by atoms with van der Waals surface area (Å²) in [6.07, 6.45) is -1.04. The molecule has 108 valence electrons. The molecule has 0 aliphatic rings. The summed E-state index contributed by atoms with van der Waals surface area (Å²) in [5.41, 5.74) is 5.72. The van der Waals surface area contributed by atoms with E-state index in [0.717, 1.165) is 6.07 Å². The number of hydrogen-bond donors (Lipinski definition) is 3. The molecule has 1 aromatic rings. The third kappa shape index (κ3) is 4.16. The molecule has 1 aromatic carbocycles. The van der Waals surface area contributed by atoms with Crippen molar-refractivity contribution in [3.05, 3.63) is 29.6 Å². The molecule has 0 saturated carbocycles. The van der Waals surface area contributed by atoms with Crippen LogP contribution in [0, 0.1) is 5.82 Å². The lowest BCUT2D eigenvalue weighted by atomic mass is 10.2. The molecule has 0 fully saturated rings. The van der Waals surface area contributed by atoms with Crippen LogP contribution in [0.2, 0.25) is 0 Å². The summed E-state index contributed by atoms with van der Waals surface area (Å²) >= 11 is 4.72. The predicted octanol–water partition coefficient (Wildman–Crippen LogP) is 0.683. The highest BCUT2D eigenvalue weighted by molar-refractivity contribution is 7.80. The maximum Gasteiger partial charge on any atom is 0.321 e. The molecule has 0 aliphatic carbocycles. The highest BCUT2D eigenvalue weighted by atomic mass is 32.1. The zero-order chi connectivity index (χ0) is 15.3. The number of hydrogen-bond acceptors (Lipinski definition) is 4. The van der Waals surface area contributed by atoms with Gasteiger partial charge in [0.1, 0.15) is 4.99 Å². The average molecular weight is 299 g/mol. The van der Waals surface area contributed by atoms with E-state index >= 15 is 0 Å². The molecular formula is C12H14FN3O3S. The number of carbonyl (C=O) groups is 2. The van der Waals surface area contributed by atoms with E-state index in [0.29, 0.717) is 5.56 Å². The van der Waals surface area contributed by atoms with Crippen molar-refractivity contribution >= 4 is 29.1 Å². The van der Waals surface area contributed by atoms with Gasteiger partial charge in [0.2, 0.25) is 0 Å². The van der Waals surface area contributed by atoms with Gasteiger partial charge in [-0.15, -0.1) is 0 Å². The SMILES string of the molecule is CNC(=O)NC(=O)C(C)Oc1ccc(C(N)=S)cc1F. The van der Waals surface area contributed by atoms with E-state index in [1.165, 1.54) is 26.1 Å². The van der Waals surface area contributed by atoms with Crippen molar-refractivity contribution in [1.82, 2.24) is 10.6 Å². The van der Waals surface area contributed by atoms with Crippen LogP contribution in [-0.4, -0.2) is 30.1 Å². The molecule has 0 heterocycles. The van der Waals surface area contributed by atoms with Crippen LogP contribution in [0.5, 0.6) is 5.75 Å². The van der Waals surface area contributed by atoms with Gasteiger partial charge < -0.3 is 15.8 Å². The second kappa shape index (κ2) is 6.80. The van der Waals surface area contributed by atoms with E-state index in [1.807, 2.05) is 5.32 Å². The van der Waals surface area contributed by atoms with Gasteiger partial charge in [0.25, 0.3) is 5.91 Å². The second-order valence-corrected chi connectivity index (χ2v) is 4.28. The second-order valence-electron chi connectivity index (χ2n) is 3.84. The van der Waals surface area contributed by atoms with Crippen LogP contribution in [0.15, 0.2) is 18.2 Å². The molecule has 1 atom stereocenters.